The van der Waals surface area contributed by atoms with Crippen LogP contribution in [0.15, 0.2) is 36.4 Å². The van der Waals surface area contributed by atoms with Gasteiger partial charge in [0.15, 0.2) is 5.82 Å². The molecular formula is C24H29FN4O6S. The lowest BCUT2D eigenvalue weighted by molar-refractivity contribution is -0.117. The van der Waals surface area contributed by atoms with E-state index in [1.807, 2.05) is 40.0 Å². The van der Waals surface area contributed by atoms with E-state index >= 15 is 4.39 Å². The summed E-state index contributed by atoms with van der Waals surface area (Å²) < 4.78 is 49.7. The molecule has 0 spiro atoms. The predicted molar refractivity (Wildman–Crippen MR) is 130 cm³/mol. The topological polar surface area (TPSA) is 119 Å². The normalized spacial score (nSPS) is 17.1. The number of hydrogen-bond acceptors (Lipinski definition) is 6. The minimum absolute atomic E-state index is 0.0421. The molecule has 0 atom stereocenters. The van der Waals surface area contributed by atoms with E-state index in [1.165, 1.54) is 4.90 Å². The number of carbonyl (C=O) groups is 2. The fraction of sp³-hybridized carbons (Fsp3) is 0.417. The lowest BCUT2D eigenvalue weighted by Crippen LogP contribution is -2.43. The molecule has 0 unspecified atom stereocenters. The molecule has 36 heavy (non-hydrogen) atoms. The monoisotopic (exact) mass is 520 g/mol. The molecule has 2 N–H and O–H groups in total. The van der Waals surface area contributed by atoms with Crippen LogP contribution in [0.4, 0.5) is 14.9 Å². The second-order valence-electron chi connectivity index (χ2n) is 9.08. The first-order valence-corrected chi connectivity index (χ1v) is 13.1. The third kappa shape index (κ3) is 5.39. The Morgan fingerprint density at radius 3 is 2.58 bits per heavy atom. The van der Waals surface area contributed by atoms with E-state index in [2.05, 4.69) is 0 Å². The number of hydrogen-bond donors (Lipinski definition) is 2. The van der Waals surface area contributed by atoms with Gasteiger partial charge < -0.3 is 14.7 Å². The zero-order chi connectivity index (χ0) is 26.0. The minimum Gasteiger partial charge on any atom is -0.487 e. The standard InChI is InChI=1S/C24H29FN4O6S/c1-16(2)28(24(31)32)11-10-27-9-8-18-12-20(35-15-17-6-4-3-5-7-17)23(22(25)19(18)13-27)29-14-21(30)26-36(29,33)34/h3-7,12,16H,8-11,13-15H2,1-2H3,(H,26,30)(H,31,32). The Morgan fingerprint density at radius 2 is 1.97 bits per heavy atom. The van der Waals surface area contributed by atoms with Gasteiger partial charge in [0.25, 0.3) is 5.91 Å². The molecule has 12 heteroatoms. The summed E-state index contributed by atoms with van der Waals surface area (Å²) >= 11 is 0. The average molecular weight is 521 g/mol. The lowest BCUT2D eigenvalue weighted by Gasteiger charge is -2.33. The molecular weight excluding hydrogens is 491 g/mol. The smallest absolute Gasteiger partial charge is 0.407 e. The van der Waals surface area contributed by atoms with Crippen molar-refractivity contribution in [1.82, 2.24) is 14.5 Å². The number of halogens is 1. The maximum Gasteiger partial charge on any atom is 0.407 e. The highest BCUT2D eigenvalue weighted by atomic mass is 32.2. The summed E-state index contributed by atoms with van der Waals surface area (Å²) in [5.41, 5.74) is 1.51. The molecule has 2 aromatic rings. The highest BCUT2D eigenvalue weighted by molar-refractivity contribution is 7.92. The second kappa shape index (κ2) is 10.3. The van der Waals surface area contributed by atoms with Gasteiger partial charge in [-0.3, -0.25) is 9.69 Å². The van der Waals surface area contributed by atoms with Crippen LogP contribution in [-0.2, 0) is 34.6 Å². The van der Waals surface area contributed by atoms with Gasteiger partial charge in [0.1, 0.15) is 24.6 Å². The molecule has 4 rings (SSSR count). The maximum absolute atomic E-state index is 16.0. The van der Waals surface area contributed by atoms with Crippen molar-refractivity contribution in [1.29, 1.82) is 0 Å². The van der Waals surface area contributed by atoms with Gasteiger partial charge in [0.05, 0.1) is 0 Å². The van der Waals surface area contributed by atoms with Gasteiger partial charge in [-0.25, -0.2) is 18.2 Å². The Labute approximate surface area is 209 Å². The number of rotatable bonds is 8. The summed E-state index contributed by atoms with van der Waals surface area (Å²) in [5.74, 6) is -1.48. The molecule has 2 aliphatic rings. The Hall–Kier alpha value is -3.38. The van der Waals surface area contributed by atoms with Crippen LogP contribution in [0.2, 0.25) is 0 Å². The maximum atomic E-state index is 16.0. The summed E-state index contributed by atoms with van der Waals surface area (Å²) in [6.45, 7) is 4.52. The highest BCUT2D eigenvalue weighted by Gasteiger charge is 2.39. The van der Waals surface area contributed by atoms with Gasteiger partial charge in [0, 0.05) is 37.8 Å². The summed E-state index contributed by atoms with van der Waals surface area (Å²) in [7, 11) is -4.27. The highest BCUT2D eigenvalue weighted by Crippen LogP contribution is 2.40. The molecule has 1 saturated heterocycles. The first-order chi connectivity index (χ1) is 17.1. The van der Waals surface area contributed by atoms with Crippen LogP contribution in [0.25, 0.3) is 0 Å². The SMILES string of the molecule is CC(C)N(CCN1CCc2cc(OCc3ccccc3)c(N3CC(=O)NS3(=O)=O)c(F)c2C1)C(=O)O. The van der Waals surface area contributed by atoms with Gasteiger partial charge in [-0.1, -0.05) is 30.3 Å². The van der Waals surface area contributed by atoms with Crippen LogP contribution in [0.3, 0.4) is 0 Å². The van der Waals surface area contributed by atoms with Crippen molar-refractivity contribution in [2.75, 3.05) is 30.5 Å². The number of carbonyl (C=O) groups excluding carboxylic acids is 1. The Bertz CT molecular complexity index is 1250. The van der Waals surface area contributed by atoms with Crippen LogP contribution in [0.1, 0.15) is 30.5 Å². The number of nitrogens with zero attached hydrogens (tertiary/aromatic N) is 3. The number of ether oxygens (including phenoxy) is 1. The summed E-state index contributed by atoms with van der Waals surface area (Å²) in [4.78, 5) is 26.6. The Balaban J connectivity index is 1.65. The molecule has 0 radical (unpaired) electrons. The van der Waals surface area contributed by atoms with Gasteiger partial charge in [-0.2, -0.15) is 8.42 Å². The number of anilines is 1. The molecule has 0 bridgehead atoms. The molecule has 0 aromatic heterocycles. The number of carboxylic acid groups (broad SMARTS) is 1. The van der Waals surface area contributed by atoms with Gasteiger partial charge >= 0.3 is 16.3 Å². The van der Waals surface area contributed by atoms with Crippen molar-refractivity contribution < 1.29 is 32.2 Å². The largest absolute Gasteiger partial charge is 0.487 e. The summed E-state index contributed by atoms with van der Waals surface area (Å²) in [5, 5.41) is 9.40. The van der Waals surface area contributed by atoms with E-state index in [0.29, 0.717) is 34.9 Å². The van der Waals surface area contributed by atoms with Gasteiger partial charge in [-0.15, -0.1) is 0 Å². The van der Waals surface area contributed by atoms with Crippen molar-refractivity contribution >= 4 is 27.9 Å². The van der Waals surface area contributed by atoms with Crippen molar-refractivity contribution in [2.24, 2.45) is 0 Å². The van der Waals surface area contributed by atoms with E-state index in [0.717, 1.165) is 5.56 Å². The first-order valence-electron chi connectivity index (χ1n) is 11.6. The number of benzene rings is 2. The first kappa shape index (κ1) is 25.7. The molecule has 0 saturated carbocycles. The van der Waals surface area contributed by atoms with E-state index in [-0.39, 0.29) is 37.2 Å². The molecule has 194 valence electrons. The van der Waals surface area contributed by atoms with E-state index in [9.17, 15) is 23.1 Å². The summed E-state index contributed by atoms with van der Waals surface area (Å²) in [6.07, 6.45) is -0.542. The number of fused-ring (bicyclic) bond motifs is 1. The number of amides is 2. The lowest BCUT2D eigenvalue weighted by atomic mass is 9.97. The zero-order valence-electron chi connectivity index (χ0n) is 20.1. The van der Waals surface area contributed by atoms with Crippen molar-refractivity contribution in [3.63, 3.8) is 0 Å². The van der Waals surface area contributed by atoms with Gasteiger partial charge in [-0.05, 0) is 37.5 Å². The predicted octanol–water partition coefficient (Wildman–Crippen LogP) is 2.33. The van der Waals surface area contributed by atoms with Crippen LogP contribution >= 0.6 is 0 Å². The molecule has 10 nitrogen and oxygen atoms in total. The van der Waals surface area contributed by atoms with Crippen LogP contribution in [0.5, 0.6) is 5.75 Å². The Morgan fingerprint density at radius 1 is 1.25 bits per heavy atom. The third-order valence-electron chi connectivity index (χ3n) is 6.31. The summed E-state index contributed by atoms with van der Waals surface area (Å²) in [6, 6.07) is 10.6. The minimum atomic E-state index is -4.27. The van der Waals surface area contributed by atoms with E-state index in [1.54, 1.807) is 19.9 Å². The molecule has 1 fully saturated rings. The molecule has 0 aliphatic carbocycles. The van der Waals surface area contributed by atoms with Crippen molar-refractivity contribution in [3.05, 3.63) is 58.9 Å². The second-order valence-corrected chi connectivity index (χ2v) is 10.7. The quantitative estimate of drug-likeness (QED) is 0.548. The van der Waals surface area contributed by atoms with Crippen molar-refractivity contribution in [2.45, 2.75) is 39.5 Å². The van der Waals surface area contributed by atoms with Crippen LogP contribution in [-0.4, -0.2) is 67.5 Å². The van der Waals surface area contributed by atoms with Crippen molar-refractivity contribution in [3.8, 4) is 5.75 Å². The van der Waals surface area contributed by atoms with Gasteiger partial charge in [0.2, 0.25) is 0 Å². The van der Waals surface area contributed by atoms with Crippen LogP contribution < -0.4 is 13.8 Å². The molecule has 2 aliphatic heterocycles. The fourth-order valence-electron chi connectivity index (χ4n) is 4.42. The fourth-order valence-corrected chi connectivity index (χ4v) is 5.58. The van der Waals surface area contributed by atoms with E-state index < -0.39 is 34.6 Å². The molecule has 2 amide bonds. The molecule has 2 aromatic carbocycles. The third-order valence-corrected chi connectivity index (χ3v) is 7.69. The molecule has 2 heterocycles. The van der Waals surface area contributed by atoms with Crippen LogP contribution in [0, 0.1) is 5.82 Å². The average Bonchev–Trinajstić information content (AvgIpc) is 3.09. The Kier molecular flexibility index (Phi) is 7.36. The zero-order valence-corrected chi connectivity index (χ0v) is 20.9. The van der Waals surface area contributed by atoms with E-state index in [4.69, 9.17) is 4.74 Å². The number of nitrogens with one attached hydrogen (secondary N) is 1.